The standard InChI is InChI=1S/C14H13N3OS3/c1-10-15-12(7-19-10)8-21(18)9-13-16-17-14(20-13)11-5-3-2-4-6-11/h2-7H,8-9H2,1H3/t21-/m1/s1. The van der Waals surface area contributed by atoms with E-state index in [9.17, 15) is 4.21 Å². The first-order chi connectivity index (χ1) is 10.2. The van der Waals surface area contributed by atoms with Crippen molar-refractivity contribution < 1.29 is 4.21 Å². The molecule has 0 unspecified atom stereocenters. The van der Waals surface area contributed by atoms with Crippen molar-refractivity contribution in [3.8, 4) is 10.6 Å². The number of nitrogens with zero attached hydrogens (tertiary/aromatic N) is 3. The van der Waals surface area contributed by atoms with Crippen LogP contribution in [-0.4, -0.2) is 19.4 Å². The normalized spacial score (nSPS) is 12.4. The van der Waals surface area contributed by atoms with Crippen LogP contribution in [0, 0.1) is 6.92 Å². The lowest BCUT2D eigenvalue weighted by Crippen LogP contribution is -1.99. The molecule has 7 heteroatoms. The van der Waals surface area contributed by atoms with Crippen molar-refractivity contribution in [3.63, 3.8) is 0 Å². The number of thiazole rings is 1. The van der Waals surface area contributed by atoms with Crippen LogP contribution in [0.3, 0.4) is 0 Å². The van der Waals surface area contributed by atoms with Crippen LogP contribution >= 0.6 is 22.7 Å². The second-order valence-electron chi connectivity index (χ2n) is 4.45. The van der Waals surface area contributed by atoms with E-state index in [2.05, 4.69) is 15.2 Å². The van der Waals surface area contributed by atoms with E-state index in [0.717, 1.165) is 26.3 Å². The van der Waals surface area contributed by atoms with Crippen LogP contribution in [0.15, 0.2) is 35.7 Å². The molecule has 3 aromatic rings. The third kappa shape index (κ3) is 3.81. The summed E-state index contributed by atoms with van der Waals surface area (Å²) in [5.74, 6) is 0.908. The first kappa shape index (κ1) is 14.5. The van der Waals surface area contributed by atoms with Gasteiger partial charge in [0.05, 0.1) is 22.2 Å². The molecular weight excluding hydrogens is 322 g/mol. The van der Waals surface area contributed by atoms with Gasteiger partial charge in [-0.15, -0.1) is 21.5 Å². The van der Waals surface area contributed by atoms with E-state index in [0.29, 0.717) is 11.5 Å². The van der Waals surface area contributed by atoms with Gasteiger partial charge in [0.1, 0.15) is 10.0 Å². The number of aryl methyl sites for hydroxylation is 1. The zero-order valence-electron chi connectivity index (χ0n) is 11.4. The van der Waals surface area contributed by atoms with Gasteiger partial charge in [-0.1, -0.05) is 41.7 Å². The predicted molar refractivity (Wildman–Crippen MR) is 87.7 cm³/mol. The highest BCUT2D eigenvalue weighted by Gasteiger charge is 2.11. The van der Waals surface area contributed by atoms with Crippen molar-refractivity contribution in [2.75, 3.05) is 0 Å². The molecule has 4 nitrogen and oxygen atoms in total. The highest BCUT2D eigenvalue weighted by molar-refractivity contribution is 7.83. The quantitative estimate of drug-likeness (QED) is 0.717. The summed E-state index contributed by atoms with van der Waals surface area (Å²) in [6, 6.07) is 9.91. The van der Waals surface area contributed by atoms with Crippen LogP contribution in [-0.2, 0) is 22.3 Å². The van der Waals surface area contributed by atoms with E-state index in [1.54, 1.807) is 11.3 Å². The van der Waals surface area contributed by atoms with E-state index in [4.69, 9.17) is 0 Å². The molecule has 0 amide bonds. The summed E-state index contributed by atoms with van der Waals surface area (Å²) < 4.78 is 12.2. The molecule has 0 radical (unpaired) electrons. The van der Waals surface area contributed by atoms with E-state index < -0.39 is 10.8 Å². The molecule has 0 aliphatic heterocycles. The van der Waals surface area contributed by atoms with E-state index in [1.807, 2.05) is 42.6 Å². The first-order valence-electron chi connectivity index (χ1n) is 6.34. The molecule has 0 N–H and O–H groups in total. The maximum atomic E-state index is 12.2. The second-order valence-corrected chi connectivity index (χ2v) is 8.03. The van der Waals surface area contributed by atoms with Crippen molar-refractivity contribution in [1.29, 1.82) is 0 Å². The molecule has 1 atom stereocenters. The summed E-state index contributed by atoms with van der Waals surface area (Å²) in [7, 11) is -1.000. The molecule has 0 saturated heterocycles. The Morgan fingerprint density at radius 3 is 2.67 bits per heavy atom. The zero-order chi connectivity index (χ0) is 14.7. The lowest BCUT2D eigenvalue weighted by Gasteiger charge is -1.96. The van der Waals surface area contributed by atoms with Gasteiger partial charge < -0.3 is 0 Å². The number of aromatic nitrogens is 3. The monoisotopic (exact) mass is 335 g/mol. The van der Waals surface area contributed by atoms with E-state index >= 15 is 0 Å². The van der Waals surface area contributed by atoms with Crippen molar-refractivity contribution in [2.45, 2.75) is 18.4 Å². The Bertz CT molecular complexity index is 752. The average molecular weight is 335 g/mol. The number of hydrogen-bond donors (Lipinski definition) is 0. The van der Waals surface area contributed by atoms with Gasteiger partial charge in [-0.25, -0.2) is 4.98 Å². The second kappa shape index (κ2) is 6.55. The van der Waals surface area contributed by atoms with Crippen LogP contribution in [0.1, 0.15) is 15.7 Å². The van der Waals surface area contributed by atoms with E-state index in [-0.39, 0.29) is 0 Å². The van der Waals surface area contributed by atoms with Gasteiger partial charge in [0.15, 0.2) is 0 Å². The number of benzene rings is 1. The number of rotatable bonds is 5. The average Bonchev–Trinajstić information content (AvgIpc) is 3.09. The van der Waals surface area contributed by atoms with Gasteiger partial charge >= 0.3 is 0 Å². The fraction of sp³-hybridized carbons (Fsp3) is 0.214. The summed E-state index contributed by atoms with van der Waals surface area (Å²) in [4.78, 5) is 4.34. The van der Waals surface area contributed by atoms with Gasteiger partial charge in [0, 0.05) is 21.7 Å². The van der Waals surface area contributed by atoms with Crippen molar-refractivity contribution >= 4 is 33.5 Å². The highest BCUT2D eigenvalue weighted by atomic mass is 32.2. The Hall–Kier alpha value is -1.44. The molecule has 0 saturated carbocycles. The minimum Gasteiger partial charge on any atom is -0.259 e. The number of hydrogen-bond acceptors (Lipinski definition) is 6. The largest absolute Gasteiger partial charge is 0.259 e. The smallest absolute Gasteiger partial charge is 0.147 e. The summed E-state index contributed by atoms with van der Waals surface area (Å²) in [6.07, 6.45) is 0. The molecular formula is C14H13N3OS3. The highest BCUT2D eigenvalue weighted by Crippen LogP contribution is 2.24. The van der Waals surface area contributed by atoms with Gasteiger partial charge in [-0.2, -0.15) is 0 Å². The molecule has 0 fully saturated rings. The molecule has 2 aromatic heterocycles. The van der Waals surface area contributed by atoms with Crippen LogP contribution in [0.25, 0.3) is 10.6 Å². The lowest BCUT2D eigenvalue weighted by molar-refractivity contribution is 0.681. The summed E-state index contributed by atoms with van der Waals surface area (Å²) >= 11 is 3.08. The molecule has 0 aliphatic rings. The Balaban J connectivity index is 1.66. The molecule has 108 valence electrons. The Morgan fingerprint density at radius 1 is 1.14 bits per heavy atom. The molecule has 2 heterocycles. The molecule has 3 rings (SSSR count). The SMILES string of the molecule is Cc1nc(C[S@@](=O)Cc2nnc(-c3ccccc3)s2)cs1. The minimum absolute atomic E-state index is 0.432. The fourth-order valence-corrected chi connectivity index (χ4v) is 4.74. The first-order valence-corrected chi connectivity index (χ1v) is 9.53. The fourth-order valence-electron chi connectivity index (χ4n) is 1.84. The van der Waals surface area contributed by atoms with Crippen LogP contribution in [0.2, 0.25) is 0 Å². The zero-order valence-corrected chi connectivity index (χ0v) is 13.8. The van der Waals surface area contributed by atoms with Gasteiger partial charge in [-0.05, 0) is 6.92 Å². The molecule has 21 heavy (non-hydrogen) atoms. The van der Waals surface area contributed by atoms with Gasteiger partial charge in [0.2, 0.25) is 0 Å². The van der Waals surface area contributed by atoms with E-state index in [1.165, 1.54) is 11.3 Å². The van der Waals surface area contributed by atoms with Gasteiger partial charge in [0.25, 0.3) is 0 Å². The molecule has 0 bridgehead atoms. The van der Waals surface area contributed by atoms with Crippen molar-refractivity contribution in [2.24, 2.45) is 0 Å². The summed E-state index contributed by atoms with van der Waals surface area (Å²) in [6.45, 7) is 1.95. The summed E-state index contributed by atoms with van der Waals surface area (Å²) in [5.41, 5.74) is 1.94. The lowest BCUT2D eigenvalue weighted by atomic mass is 10.2. The van der Waals surface area contributed by atoms with Crippen molar-refractivity contribution in [1.82, 2.24) is 15.2 Å². The third-order valence-electron chi connectivity index (χ3n) is 2.75. The maximum Gasteiger partial charge on any atom is 0.147 e. The van der Waals surface area contributed by atoms with Crippen LogP contribution < -0.4 is 0 Å². The Kier molecular flexibility index (Phi) is 4.52. The summed E-state index contributed by atoms with van der Waals surface area (Å²) in [5, 5.41) is 12.9. The van der Waals surface area contributed by atoms with Gasteiger partial charge in [-0.3, -0.25) is 4.21 Å². The predicted octanol–water partition coefficient (Wildman–Crippen LogP) is 3.42. The van der Waals surface area contributed by atoms with Crippen LogP contribution in [0.4, 0.5) is 0 Å². The molecule has 0 spiro atoms. The Morgan fingerprint density at radius 2 is 1.95 bits per heavy atom. The Labute approximate surface area is 133 Å². The van der Waals surface area contributed by atoms with Crippen LogP contribution in [0.5, 0.6) is 0 Å². The third-order valence-corrected chi connectivity index (χ3v) is 5.94. The maximum absolute atomic E-state index is 12.2. The molecule has 1 aromatic carbocycles. The molecule has 0 aliphatic carbocycles. The van der Waals surface area contributed by atoms with Crippen molar-refractivity contribution in [3.05, 3.63) is 51.4 Å². The minimum atomic E-state index is -1.000. The topological polar surface area (TPSA) is 55.7 Å².